The van der Waals surface area contributed by atoms with Gasteiger partial charge < -0.3 is 10.2 Å². The van der Waals surface area contributed by atoms with Crippen molar-refractivity contribution in [3.63, 3.8) is 0 Å². The Morgan fingerprint density at radius 3 is 2.35 bits per heavy atom. The van der Waals surface area contributed by atoms with Crippen LogP contribution in [0.15, 0.2) is 11.0 Å². The molecular formula is C16H23N3O. The zero-order valence-electron chi connectivity index (χ0n) is 11.9. The van der Waals surface area contributed by atoms with Crippen LogP contribution >= 0.6 is 0 Å². The van der Waals surface area contributed by atoms with Crippen LogP contribution in [0.25, 0.3) is 6.08 Å². The van der Waals surface area contributed by atoms with E-state index in [1.54, 1.807) is 6.08 Å². The molecule has 4 fully saturated rings. The van der Waals surface area contributed by atoms with Gasteiger partial charge in [-0.2, -0.15) is 0 Å². The summed E-state index contributed by atoms with van der Waals surface area (Å²) in [6.45, 7) is 3.64. The highest BCUT2D eigenvalue weighted by Crippen LogP contribution is 2.58. The molecule has 4 bridgehead atoms. The quantitative estimate of drug-likeness (QED) is 0.915. The summed E-state index contributed by atoms with van der Waals surface area (Å²) < 4.78 is 5.52. The van der Waals surface area contributed by atoms with Gasteiger partial charge in [-0.15, -0.1) is 10.2 Å². The molecule has 2 N–H and O–H groups in total. The van der Waals surface area contributed by atoms with Crippen molar-refractivity contribution in [1.82, 2.24) is 10.2 Å². The van der Waals surface area contributed by atoms with Crippen LogP contribution in [0.2, 0.25) is 0 Å². The van der Waals surface area contributed by atoms with Crippen molar-refractivity contribution in [2.24, 2.45) is 35.3 Å². The summed E-state index contributed by atoms with van der Waals surface area (Å²) in [5, 5.41) is 7.98. The molecule has 4 aliphatic rings. The lowest BCUT2D eigenvalue weighted by atomic mass is 9.51. The fourth-order valence-electron chi connectivity index (χ4n) is 5.30. The lowest BCUT2D eigenvalue weighted by molar-refractivity contribution is -0.0428. The second-order valence-corrected chi connectivity index (χ2v) is 7.12. The number of hydrogen-bond donors (Lipinski definition) is 1. The molecule has 4 saturated carbocycles. The van der Waals surface area contributed by atoms with Gasteiger partial charge in [-0.1, -0.05) is 6.58 Å². The van der Waals surface area contributed by atoms with Crippen molar-refractivity contribution in [1.29, 1.82) is 0 Å². The van der Waals surface area contributed by atoms with Crippen LogP contribution < -0.4 is 5.73 Å². The molecule has 0 amide bonds. The molecule has 4 nitrogen and oxygen atoms in total. The summed E-state index contributed by atoms with van der Waals surface area (Å²) in [5.41, 5.74) is 6.31. The van der Waals surface area contributed by atoms with Crippen LogP contribution in [0, 0.1) is 29.6 Å². The van der Waals surface area contributed by atoms with Gasteiger partial charge in [0.1, 0.15) is 0 Å². The first-order valence-electron chi connectivity index (χ1n) is 7.94. The average Bonchev–Trinajstić information content (AvgIpc) is 2.91. The molecular weight excluding hydrogens is 250 g/mol. The van der Waals surface area contributed by atoms with Crippen molar-refractivity contribution in [2.75, 3.05) is 0 Å². The topological polar surface area (TPSA) is 64.9 Å². The Morgan fingerprint density at radius 1 is 1.15 bits per heavy atom. The molecule has 1 unspecified atom stereocenters. The molecule has 1 heterocycles. The van der Waals surface area contributed by atoms with Crippen molar-refractivity contribution in [2.45, 2.75) is 44.6 Å². The zero-order valence-corrected chi connectivity index (χ0v) is 11.9. The summed E-state index contributed by atoms with van der Waals surface area (Å²) in [6.07, 6.45) is 9.83. The van der Waals surface area contributed by atoms with Gasteiger partial charge >= 0.3 is 0 Å². The van der Waals surface area contributed by atoms with E-state index < -0.39 is 0 Å². The van der Waals surface area contributed by atoms with Gasteiger partial charge in [-0.05, 0) is 74.2 Å². The Morgan fingerprint density at radius 2 is 1.80 bits per heavy atom. The molecule has 0 aliphatic heterocycles. The largest absolute Gasteiger partial charge is 0.420 e. The van der Waals surface area contributed by atoms with Crippen molar-refractivity contribution >= 4 is 6.08 Å². The zero-order chi connectivity index (χ0) is 13.7. The van der Waals surface area contributed by atoms with Gasteiger partial charge in [0.25, 0.3) is 0 Å². The SMILES string of the molecule is C=Cc1nnc(C(N)CC2C3CC4CC(C3)CC2C4)o1. The first-order chi connectivity index (χ1) is 9.72. The van der Waals surface area contributed by atoms with E-state index in [0.717, 1.165) is 36.0 Å². The third-order valence-electron chi connectivity index (χ3n) is 5.90. The fourth-order valence-corrected chi connectivity index (χ4v) is 5.30. The van der Waals surface area contributed by atoms with Gasteiger partial charge in [-0.25, -0.2) is 0 Å². The van der Waals surface area contributed by atoms with Gasteiger partial charge in [0, 0.05) is 0 Å². The molecule has 4 heteroatoms. The van der Waals surface area contributed by atoms with Crippen molar-refractivity contribution in [3.05, 3.63) is 18.4 Å². The summed E-state index contributed by atoms with van der Waals surface area (Å²) in [7, 11) is 0. The number of rotatable bonds is 4. The highest BCUT2D eigenvalue weighted by Gasteiger charge is 2.48. The molecule has 0 aromatic carbocycles. The smallest absolute Gasteiger partial charge is 0.240 e. The van der Waals surface area contributed by atoms with E-state index in [-0.39, 0.29) is 6.04 Å². The maximum Gasteiger partial charge on any atom is 0.240 e. The minimum Gasteiger partial charge on any atom is -0.420 e. The number of nitrogens with two attached hydrogens (primary N) is 1. The lowest BCUT2D eigenvalue weighted by Gasteiger charge is -2.55. The van der Waals surface area contributed by atoms with E-state index in [2.05, 4.69) is 16.8 Å². The molecule has 1 aromatic rings. The Kier molecular flexibility index (Phi) is 2.95. The summed E-state index contributed by atoms with van der Waals surface area (Å²) in [5.74, 6) is 5.66. The average molecular weight is 273 g/mol. The Balaban J connectivity index is 1.47. The van der Waals surface area contributed by atoms with Crippen LogP contribution in [-0.2, 0) is 0 Å². The third-order valence-corrected chi connectivity index (χ3v) is 5.90. The van der Waals surface area contributed by atoms with Gasteiger partial charge in [0.2, 0.25) is 11.8 Å². The Labute approximate surface area is 119 Å². The minimum absolute atomic E-state index is 0.112. The van der Waals surface area contributed by atoms with Crippen molar-refractivity contribution < 1.29 is 4.42 Å². The standard InChI is InChI=1S/C16H23N3O/c1-2-15-18-19-16(20-15)14(17)8-13-11-4-9-3-10(6-11)7-12(13)5-9/h2,9-14H,1,3-8,17H2. The maximum atomic E-state index is 6.31. The van der Waals surface area contributed by atoms with Gasteiger partial charge in [0.15, 0.2) is 0 Å². The second kappa shape index (κ2) is 4.69. The summed E-state index contributed by atoms with van der Waals surface area (Å²) >= 11 is 0. The fraction of sp³-hybridized carbons (Fsp3) is 0.750. The van der Waals surface area contributed by atoms with E-state index in [1.165, 1.54) is 32.1 Å². The summed E-state index contributed by atoms with van der Waals surface area (Å²) in [6, 6.07) is -0.112. The van der Waals surface area contributed by atoms with Gasteiger partial charge in [0.05, 0.1) is 6.04 Å². The van der Waals surface area contributed by atoms with Crippen molar-refractivity contribution in [3.8, 4) is 0 Å². The molecule has 1 aromatic heterocycles. The van der Waals surface area contributed by atoms with Crippen LogP contribution in [0.1, 0.15) is 56.3 Å². The van der Waals surface area contributed by atoms with Crippen LogP contribution in [0.4, 0.5) is 0 Å². The maximum absolute atomic E-state index is 6.31. The third kappa shape index (κ3) is 2.01. The van der Waals surface area contributed by atoms with Crippen LogP contribution in [0.5, 0.6) is 0 Å². The molecule has 0 radical (unpaired) electrons. The molecule has 0 spiro atoms. The van der Waals surface area contributed by atoms with E-state index in [1.807, 2.05) is 0 Å². The number of hydrogen-bond acceptors (Lipinski definition) is 4. The minimum atomic E-state index is -0.112. The van der Waals surface area contributed by atoms with E-state index >= 15 is 0 Å². The molecule has 20 heavy (non-hydrogen) atoms. The van der Waals surface area contributed by atoms with E-state index in [0.29, 0.717) is 11.8 Å². The lowest BCUT2D eigenvalue weighted by Crippen LogP contribution is -2.45. The van der Waals surface area contributed by atoms with Crippen LogP contribution in [0.3, 0.4) is 0 Å². The predicted molar refractivity (Wildman–Crippen MR) is 76.5 cm³/mol. The Bertz CT molecular complexity index is 482. The predicted octanol–water partition coefficient (Wildman–Crippen LogP) is 3.17. The molecule has 0 saturated heterocycles. The number of nitrogens with zero attached hydrogens (tertiary/aromatic N) is 2. The molecule has 4 aliphatic carbocycles. The summed E-state index contributed by atoms with van der Waals surface area (Å²) in [4.78, 5) is 0. The highest BCUT2D eigenvalue weighted by molar-refractivity contribution is 5.32. The number of aromatic nitrogens is 2. The van der Waals surface area contributed by atoms with E-state index in [4.69, 9.17) is 10.2 Å². The van der Waals surface area contributed by atoms with Gasteiger partial charge in [-0.3, -0.25) is 0 Å². The monoisotopic (exact) mass is 273 g/mol. The Hall–Kier alpha value is -1.16. The molecule has 108 valence electrons. The molecule has 5 rings (SSSR count). The molecule has 1 atom stereocenters. The second-order valence-electron chi connectivity index (χ2n) is 7.12. The normalized spacial score (nSPS) is 40.0. The first-order valence-corrected chi connectivity index (χ1v) is 7.94. The highest BCUT2D eigenvalue weighted by atomic mass is 16.4. The van der Waals surface area contributed by atoms with E-state index in [9.17, 15) is 0 Å². The first kappa shape index (κ1) is 12.6. The van der Waals surface area contributed by atoms with Crippen LogP contribution in [-0.4, -0.2) is 10.2 Å².